The number of allylic oxidation sites excluding steroid dienone is 2. The highest BCUT2D eigenvalue weighted by Crippen LogP contribution is 2.62. The number of Topliss-reactive ketones (excluding diaryl/α,β-unsaturated/α-hetero) is 2. The molecule has 9 heteroatoms. The van der Waals surface area contributed by atoms with Gasteiger partial charge in [0.05, 0.1) is 13.7 Å². The molecule has 2 N–H and O–H groups in total. The van der Waals surface area contributed by atoms with Crippen molar-refractivity contribution in [3.05, 3.63) is 46.9 Å². The number of carbonyl (C=O) groups is 2. The quantitative estimate of drug-likeness (QED) is 0.531. The lowest BCUT2D eigenvalue weighted by Crippen LogP contribution is -2.61. The fraction of sp³-hybridized carbons (Fsp3) is 0.600. The fourth-order valence-corrected chi connectivity index (χ4v) is 9.21. The van der Waals surface area contributed by atoms with Gasteiger partial charge in [-0.3, -0.25) is 9.59 Å². The van der Waals surface area contributed by atoms with Crippen LogP contribution in [0.5, 0.6) is 11.5 Å². The zero-order valence-corrected chi connectivity index (χ0v) is 23.9. The number of likely N-dealkylation sites (N-methyl/N-ethyl adjacent to an activating group) is 1. The number of ether oxygens (including phenoxy) is 2. The summed E-state index contributed by atoms with van der Waals surface area (Å²) in [5.74, 6) is 0.506. The molecule has 3 aliphatic carbocycles. The Morgan fingerprint density at radius 1 is 1.05 bits per heavy atom. The number of rotatable bonds is 5. The van der Waals surface area contributed by atoms with Crippen LogP contribution >= 0.6 is 11.8 Å². The van der Waals surface area contributed by atoms with Crippen molar-refractivity contribution in [1.29, 1.82) is 0 Å². The number of hydrogen-bond donors (Lipinski definition) is 2. The standard InChI is InChI=1S/C30H38N2O6S/c1-31-9-7-29(13-21(34)23(37-3)11-17(29)15-31)16-38-24-12-19-26-28(39-4)18-5-6-20(33)27(36)25(18)30(19,14-22(24)35)8-10-32(26)2/h5-6,11-12,17,19,26,28,33,36H,7-10,13-16H2,1-4H3. The van der Waals surface area contributed by atoms with Gasteiger partial charge in [-0.2, -0.15) is 11.8 Å². The number of piperidine rings is 2. The molecular weight excluding hydrogens is 516 g/mol. The predicted molar refractivity (Wildman–Crippen MR) is 149 cm³/mol. The second-order valence-electron chi connectivity index (χ2n) is 12.2. The first-order valence-electron chi connectivity index (χ1n) is 13.8. The van der Waals surface area contributed by atoms with Crippen LogP contribution in [-0.2, 0) is 24.5 Å². The molecule has 0 aromatic heterocycles. The van der Waals surface area contributed by atoms with Gasteiger partial charge in [-0.1, -0.05) is 6.07 Å². The second kappa shape index (κ2) is 9.56. The molecule has 1 aromatic carbocycles. The van der Waals surface area contributed by atoms with E-state index in [4.69, 9.17) is 9.47 Å². The summed E-state index contributed by atoms with van der Waals surface area (Å²) in [5.41, 5.74) is 0.769. The molecule has 2 bridgehead atoms. The Morgan fingerprint density at radius 2 is 1.82 bits per heavy atom. The van der Waals surface area contributed by atoms with Crippen molar-refractivity contribution in [3.63, 3.8) is 0 Å². The van der Waals surface area contributed by atoms with Gasteiger partial charge in [0.1, 0.15) is 0 Å². The van der Waals surface area contributed by atoms with Crippen molar-refractivity contribution in [3.8, 4) is 11.5 Å². The Morgan fingerprint density at radius 3 is 2.56 bits per heavy atom. The van der Waals surface area contributed by atoms with Crippen LogP contribution in [0, 0.1) is 17.3 Å². The topological polar surface area (TPSA) is 99.5 Å². The summed E-state index contributed by atoms with van der Waals surface area (Å²) < 4.78 is 11.8. The van der Waals surface area contributed by atoms with E-state index >= 15 is 0 Å². The number of phenols is 2. The van der Waals surface area contributed by atoms with Gasteiger partial charge >= 0.3 is 0 Å². The molecule has 8 nitrogen and oxygen atoms in total. The fourth-order valence-electron chi connectivity index (χ4n) is 8.11. The van der Waals surface area contributed by atoms with Crippen LogP contribution < -0.4 is 0 Å². The van der Waals surface area contributed by atoms with Gasteiger partial charge in [-0.25, -0.2) is 0 Å². The lowest BCUT2D eigenvalue weighted by Gasteiger charge is -2.59. The lowest BCUT2D eigenvalue weighted by molar-refractivity contribution is -0.129. The van der Waals surface area contributed by atoms with E-state index in [-0.39, 0.29) is 58.0 Å². The highest BCUT2D eigenvalue weighted by molar-refractivity contribution is 7.98. The van der Waals surface area contributed by atoms with Crippen LogP contribution in [0.25, 0.3) is 0 Å². The monoisotopic (exact) mass is 554 g/mol. The van der Waals surface area contributed by atoms with Gasteiger partial charge in [0.2, 0.25) is 0 Å². The summed E-state index contributed by atoms with van der Waals surface area (Å²) in [7, 11) is 5.75. The molecular formula is C30H38N2O6S. The molecule has 0 saturated carbocycles. The summed E-state index contributed by atoms with van der Waals surface area (Å²) in [6.45, 7) is 2.78. The first-order valence-corrected chi connectivity index (χ1v) is 15.1. The molecule has 2 heterocycles. The zero-order valence-electron chi connectivity index (χ0n) is 23.1. The SMILES string of the molecule is COC1=CC2CN(C)CCC2(COC2=CC3C4C(SC)c5ccc(O)c(O)c5C3(CCN4C)CC2=O)CC1=O. The number of ketones is 2. The number of benzene rings is 1. The van der Waals surface area contributed by atoms with Crippen molar-refractivity contribution in [1.82, 2.24) is 9.80 Å². The van der Waals surface area contributed by atoms with E-state index < -0.39 is 5.41 Å². The number of likely N-dealkylation sites (tertiary alicyclic amines) is 2. The maximum atomic E-state index is 13.8. The third kappa shape index (κ3) is 3.95. The second-order valence-corrected chi connectivity index (χ2v) is 13.2. The van der Waals surface area contributed by atoms with Crippen LogP contribution in [0.1, 0.15) is 42.1 Å². The van der Waals surface area contributed by atoms with E-state index in [2.05, 4.69) is 30.2 Å². The number of nitrogens with zero attached hydrogens (tertiary/aromatic N) is 2. The van der Waals surface area contributed by atoms with Crippen molar-refractivity contribution in [2.45, 2.75) is 42.4 Å². The van der Waals surface area contributed by atoms with Crippen molar-refractivity contribution in [2.24, 2.45) is 17.3 Å². The molecule has 2 fully saturated rings. The smallest absolute Gasteiger partial charge is 0.197 e. The Balaban J connectivity index is 1.37. The minimum absolute atomic E-state index is 0.0112. The summed E-state index contributed by atoms with van der Waals surface area (Å²) in [6.07, 6.45) is 8.12. The number of fused-ring (bicyclic) bond motifs is 2. The molecule has 0 amide bonds. The van der Waals surface area contributed by atoms with Crippen molar-refractivity contribution in [2.75, 3.05) is 53.7 Å². The van der Waals surface area contributed by atoms with Gasteiger partial charge < -0.3 is 29.5 Å². The molecule has 6 atom stereocenters. The number of aromatic hydroxyl groups is 2. The molecule has 6 rings (SSSR count). The largest absolute Gasteiger partial charge is 0.504 e. The highest BCUT2D eigenvalue weighted by Gasteiger charge is 2.59. The third-order valence-electron chi connectivity index (χ3n) is 10.2. The molecule has 6 unspecified atom stereocenters. The van der Waals surface area contributed by atoms with Gasteiger partial charge in [0.15, 0.2) is 34.6 Å². The molecule has 39 heavy (non-hydrogen) atoms. The molecule has 0 radical (unpaired) electrons. The number of phenolic OH excluding ortho intramolecular Hbond substituents is 2. The van der Waals surface area contributed by atoms with Gasteiger partial charge in [-0.05, 0) is 70.1 Å². The molecule has 2 saturated heterocycles. The summed E-state index contributed by atoms with van der Waals surface area (Å²) in [6, 6.07) is 3.59. The molecule has 5 aliphatic rings. The third-order valence-corrected chi connectivity index (χ3v) is 11.3. The Bertz CT molecular complexity index is 1280. The predicted octanol–water partition coefficient (Wildman–Crippen LogP) is 3.39. The van der Waals surface area contributed by atoms with E-state index in [9.17, 15) is 19.8 Å². The van der Waals surface area contributed by atoms with E-state index in [1.807, 2.05) is 18.2 Å². The summed E-state index contributed by atoms with van der Waals surface area (Å²) >= 11 is 1.73. The minimum Gasteiger partial charge on any atom is -0.504 e. The Labute approximate surface area is 234 Å². The molecule has 1 aromatic rings. The van der Waals surface area contributed by atoms with Gasteiger partial charge in [0, 0.05) is 58.9 Å². The highest BCUT2D eigenvalue weighted by atomic mass is 32.2. The normalized spacial score (nSPS) is 36.3. The Hall–Kier alpha value is -2.49. The lowest BCUT2D eigenvalue weighted by atomic mass is 9.53. The van der Waals surface area contributed by atoms with Crippen LogP contribution in [0.4, 0.5) is 0 Å². The molecule has 210 valence electrons. The van der Waals surface area contributed by atoms with Gasteiger partial charge in [0.25, 0.3) is 0 Å². The average molecular weight is 555 g/mol. The van der Waals surface area contributed by atoms with Crippen LogP contribution in [0.3, 0.4) is 0 Å². The molecule has 2 aliphatic heterocycles. The summed E-state index contributed by atoms with van der Waals surface area (Å²) in [5, 5.41) is 21.7. The first kappa shape index (κ1) is 26.7. The molecule has 0 spiro atoms. The van der Waals surface area contributed by atoms with Crippen molar-refractivity contribution >= 4 is 23.3 Å². The zero-order chi connectivity index (χ0) is 27.7. The number of thioether (sulfide) groups is 1. The van der Waals surface area contributed by atoms with E-state index in [1.165, 1.54) is 7.11 Å². The van der Waals surface area contributed by atoms with Crippen molar-refractivity contribution < 1.29 is 29.3 Å². The minimum atomic E-state index is -0.587. The van der Waals surface area contributed by atoms with Crippen LogP contribution in [-0.4, -0.2) is 91.3 Å². The van der Waals surface area contributed by atoms with E-state index in [0.717, 1.165) is 37.2 Å². The maximum absolute atomic E-state index is 13.8. The number of carbonyl (C=O) groups excluding carboxylic acids is 2. The van der Waals surface area contributed by atoms with Crippen LogP contribution in [0.2, 0.25) is 0 Å². The number of methoxy groups -OCH3 is 1. The number of hydrogen-bond acceptors (Lipinski definition) is 9. The van der Waals surface area contributed by atoms with Crippen LogP contribution in [0.15, 0.2) is 35.8 Å². The summed E-state index contributed by atoms with van der Waals surface area (Å²) in [4.78, 5) is 31.3. The first-order chi connectivity index (χ1) is 18.6. The van der Waals surface area contributed by atoms with E-state index in [0.29, 0.717) is 31.0 Å². The maximum Gasteiger partial charge on any atom is 0.197 e. The average Bonchev–Trinajstić information content (AvgIpc) is 2.91. The Kier molecular flexibility index (Phi) is 6.55. The van der Waals surface area contributed by atoms with Gasteiger partial charge in [-0.15, -0.1) is 0 Å². The van der Waals surface area contributed by atoms with E-state index in [1.54, 1.807) is 17.8 Å².